The molecule has 0 saturated carbocycles. The molecule has 1 nitrogen and oxygen atoms in total. The monoisotopic (exact) mass is 215 g/mol. The molecule has 1 atom stereocenters. The molecule has 0 fully saturated rings. The molecule has 0 bridgehead atoms. The van der Waals surface area contributed by atoms with Gasteiger partial charge in [-0.05, 0) is 31.2 Å². The highest BCUT2D eigenvalue weighted by Crippen LogP contribution is 2.33. The van der Waals surface area contributed by atoms with Gasteiger partial charge in [-0.15, -0.1) is 11.8 Å². The molecule has 0 N–H and O–H groups in total. The Balaban J connectivity index is 2.08. The lowest BCUT2D eigenvalue weighted by molar-refractivity contribution is 1.01. The first kappa shape index (κ1) is 10.2. The van der Waals surface area contributed by atoms with Crippen molar-refractivity contribution in [2.75, 3.05) is 0 Å². The van der Waals surface area contributed by atoms with Crippen molar-refractivity contribution in [3.05, 3.63) is 60.4 Å². The van der Waals surface area contributed by atoms with Gasteiger partial charge in [-0.3, -0.25) is 4.98 Å². The van der Waals surface area contributed by atoms with E-state index in [0.29, 0.717) is 5.25 Å². The minimum atomic E-state index is 0.397. The number of aromatic nitrogens is 1. The topological polar surface area (TPSA) is 12.9 Å². The highest BCUT2D eigenvalue weighted by Gasteiger charge is 2.07. The molecule has 0 unspecified atom stereocenters. The quantitative estimate of drug-likeness (QED) is 0.719. The van der Waals surface area contributed by atoms with Crippen LogP contribution in [0.25, 0.3) is 0 Å². The van der Waals surface area contributed by atoms with Gasteiger partial charge in [-0.2, -0.15) is 0 Å². The van der Waals surface area contributed by atoms with E-state index < -0.39 is 0 Å². The second-order valence-electron chi connectivity index (χ2n) is 3.33. The molecule has 76 valence electrons. The maximum atomic E-state index is 4.35. The van der Waals surface area contributed by atoms with E-state index in [0.717, 1.165) is 5.69 Å². The number of hydrogen-bond donors (Lipinski definition) is 0. The Labute approximate surface area is 94.6 Å². The summed E-state index contributed by atoms with van der Waals surface area (Å²) in [6.45, 7) is 2.18. The van der Waals surface area contributed by atoms with Crippen molar-refractivity contribution in [3.63, 3.8) is 0 Å². The average Bonchev–Trinajstić information content (AvgIpc) is 2.31. The molecular formula is C13H13NS. The van der Waals surface area contributed by atoms with E-state index in [9.17, 15) is 0 Å². The predicted molar refractivity (Wildman–Crippen MR) is 65.0 cm³/mol. The molecule has 2 aromatic rings. The zero-order valence-electron chi connectivity index (χ0n) is 8.63. The lowest BCUT2D eigenvalue weighted by atomic mass is 10.3. The second-order valence-corrected chi connectivity index (χ2v) is 4.74. The molecule has 2 heteroatoms. The van der Waals surface area contributed by atoms with Crippen molar-refractivity contribution < 1.29 is 0 Å². The summed E-state index contributed by atoms with van der Waals surface area (Å²) in [5.74, 6) is 0. The fraction of sp³-hybridized carbons (Fsp3) is 0.154. The molecule has 0 amide bonds. The smallest absolute Gasteiger partial charge is 0.0534 e. The number of pyridine rings is 1. The number of hydrogen-bond acceptors (Lipinski definition) is 2. The van der Waals surface area contributed by atoms with Crippen molar-refractivity contribution >= 4 is 11.8 Å². The molecule has 0 aliphatic carbocycles. The van der Waals surface area contributed by atoms with Crippen LogP contribution in [-0.4, -0.2) is 4.98 Å². The largest absolute Gasteiger partial charge is 0.260 e. The third-order valence-electron chi connectivity index (χ3n) is 2.16. The number of thioether (sulfide) groups is 1. The van der Waals surface area contributed by atoms with Crippen molar-refractivity contribution in [3.8, 4) is 0 Å². The van der Waals surface area contributed by atoms with Gasteiger partial charge in [-0.1, -0.05) is 24.3 Å². The maximum absolute atomic E-state index is 4.35. The molecule has 0 aliphatic heterocycles. The minimum absolute atomic E-state index is 0.397. The molecule has 2 rings (SSSR count). The predicted octanol–water partition coefficient (Wildman–Crippen LogP) is 3.93. The molecule has 1 aromatic carbocycles. The Morgan fingerprint density at radius 3 is 2.40 bits per heavy atom. The van der Waals surface area contributed by atoms with Crippen LogP contribution in [0.3, 0.4) is 0 Å². The molecule has 15 heavy (non-hydrogen) atoms. The zero-order chi connectivity index (χ0) is 10.5. The molecule has 1 heterocycles. The SMILES string of the molecule is C[C@@H](Sc1ccccc1)c1ccccn1. The van der Waals surface area contributed by atoms with Gasteiger partial charge < -0.3 is 0 Å². The Hall–Kier alpha value is -1.28. The minimum Gasteiger partial charge on any atom is -0.260 e. The lowest BCUT2D eigenvalue weighted by Gasteiger charge is -2.09. The van der Waals surface area contributed by atoms with Crippen molar-refractivity contribution in [1.29, 1.82) is 0 Å². The third-order valence-corrected chi connectivity index (χ3v) is 3.30. The van der Waals surface area contributed by atoms with Crippen LogP contribution in [-0.2, 0) is 0 Å². The van der Waals surface area contributed by atoms with E-state index in [1.54, 1.807) is 0 Å². The van der Waals surface area contributed by atoms with Gasteiger partial charge in [-0.25, -0.2) is 0 Å². The van der Waals surface area contributed by atoms with Crippen LogP contribution in [0.1, 0.15) is 17.9 Å². The van der Waals surface area contributed by atoms with Crippen LogP contribution in [0.2, 0.25) is 0 Å². The maximum Gasteiger partial charge on any atom is 0.0534 e. The number of benzene rings is 1. The Morgan fingerprint density at radius 1 is 1.00 bits per heavy atom. The summed E-state index contributed by atoms with van der Waals surface area (Å²) in [6.07, 6.45) is 1.84. The van der Waals surface area contributed by atoms with Gasteiger partial charge in [0.05, 0.1) is 5.69 Å². The molecule has 0 aliphatic rings. The summed E-state index contributed by atoms with van der Waals surface area (Å²) in [6, 6.07) is 16.5. The van der Waals surface area contributed by atoms with Gasteiger partial charge in [0.2, 0.25) is 0 Å². The van der Waals surface area contributed by atoms with E-state index >= 15 is 0 Å². The van der Waals surface area contributed by atoms with Crippen LogP contribution < -0.4 is 0 Å². The van der Waals surface area contributed by atoms with E-state index in [1.165, 1.54) is 4.90 Å². The van der Waals surface area contributed by atoms with Crippen molar-refractivity contribution in [2.45, 2.75) is 17.1 Å². The second kappa shape index (κ2) is 4.99. The number of nitrogens with zero attached hydrogens (tertiary/aromatic N) is 1. The van der Waals surface area contributed by atoms with Gasteiger partial charge >= 0.3 is 0 Å². The first-order valence-electron chi connectivity index (χ1n) is 4.99. The summed E-state index contributed by atoms with van der Waals surface area (Å²) in [5, 5.41) is 0.397. The Bertz CT molecular complexity index is 399. The Morgan fingerprint density at radius 2 is 1.73 bits per heavy atom. The first-order valence-corrected chi connectivity index (χ1v) is 5.87. The summed E-state index contributed by atoms with van der Waals surface area (Å²) < 4.78 is 0. The fourth-order valence-corrected chi connectivity index (χ4v) is 2.36. The van der Waals surface area contributed by atoms with E-state index in [2.05, 4.69) is 42.2 Å². The molecular weight excluding hydrogens is 202 g/mol. The standard InChI is InChI=1S/C13H13NS/c1-11(13-9-5-6-10-14-13)15-12-7-3-2-4-8-12/h2-11H,1H3/t11-/m1/s1. The van der Waals surface area contributed by atoms with Crippen LogP contribution in [0.15, 0.2) is 59.6 Å². The summed E-state index contributed by atoms with van der Waals surface area (Å²) in [5.41, 5.74) is 1.13. The highest BCUT2D eigenvalue weighted by molar-refractivity contribution is 7.99. The van der Waals surface area contributed by atoms with E-state index in [1.807, 2.05) is 36.2 Å². The number of rotatable bonds is 3. The van der Waals surface area contributed by atoms with Crippen LogP contribution in [0.5, 0.6) is 0 Å². The van der Waals surface area contributed by atoms with Crippen molar-refractivity contribution in [2.24, 2.45) is 0 Å². The first-order chi connectivity index (χ1) is 7.36. The fourth-order valence-electron chi connectivity index (χ4n) is 1.38. The van der Waals surface area contributed by atoms with Crippen molar-refractivity contribution in [1.82, 2.24) is 4.98 Å². The molecule has 0 radical (unpaired) electrons. The van der Waals surface area contributed by atoms with Crippen LogP contribution >= 0.6 is 11.8 Å². The normalized spacial score (nSPS) is 12.3. The van der Waals surface area contributed by atoms with Gasteiger partial charge in [0.25, 0.3) is 0 Å². The van der Waals surface area contributed by atoms with Gasteiger partial charge in [0.15, 0.2) is 0 Å². The summed E-state index contributed by atoms with van der Waals surface area (Å²) in [4.78, 5) is 5.64. The Kier molecular flexibility index (Phi) is 3.41. The summed E-state index contributed by atoms with van der Waals surface area (Å²) in [7, 11) is 0. The average molecular weight is 215 g/mol. The highest BCUT2D eigenvalue weighted by atomic mass is 32.2. The molecule has 0 spiro atoms. The molecule has 0 saturated heterocycles. The van der Waals surface area contributed by atoms with Gasteiger partial charge in [0.1, 0.15) is 0 Å². The van der Waals surface area contributed by atoms with Crippen LogP contribution in [0, 0.1) is 0 Å². The van der Waals surface area contributed by atoms with Crippen LogP contribution in [0.4, 0.5) is 0 Å². The van der Waals surface area contributed by atoms with Gasteiger partial charge in [0, 0.05) is 16.3 Å². The third kappa shape index (κ3) is 2.83. The van der Waals surface area contributed by atoms with E-state index in [4.69, 9.17) is 0 Å². The zero-order valence-corrected chi connectivity index (χ0v) is 9.45. The lowest BCUT2D eigenvalue weighted by Crippen LogP contribution is -1.91. The van der Waals surface area contributed by atoms with E-state index in [-0.39, 0.29) is 0 Å². The molecule has 1 aromatic heterocycles. The summed E-state index contributed by atoms with van der Waals surface area (Å²) >= 11 is 1.83.